The van der Waals surface area contributed by atoms with Crippen LogP contribution in [0.4, 0.5) is 0 Å². The highest BCUT2D eigenvalue weighted by molar-refractivity contribution is 5.62. The van der Waals surface area contributed by atoms with Crippen molar-refractivity contribution in [2.75, 3.05) is 0 Å². The summed E-state index contributed by atoms with van der Waals surface area (Å²) < 4.78 is 0. The van der Waals surface area contributed by atoms with E-state index in [0.29, 0.717) is 5.92 Å². The molecule has 1 aliphatic rings. The summed E-state index contributed by atoms with van der Waals surface area (Å²) >= 11 is 0. The fourth-order valence-corrected chi connectivity index (χ4v) is 1.90. The Balaban J connectivity index is 1.76. The average molecular weight is 275 g/mol. The van der Waals surface area contributed by atoms with Crippen LogP contribution >= 0.6 is 0 Å². The highest BCUT2D eigenvalue weighted by atomic mass is 16.6. The number of hydrogen-bond acceptors (Lipinski definition) is 2. The van der Waals surface area contributed by atoms with E-state index < -0.39 is 0 Å². The molecule has 0 aromatic heterocycles. The Morgan fingerprint density at radius 2 is 1.67 bits per heavy atom. The van der Waals surface area contributed by atoms with Gasteiger partial charge in [-0.25, -0.2) is 0 Å². The molecular weight excluding hydrogens is 258 g/mol. The molecule has 0 spiro atoms. The number of hydrogen-bond donors (Lipinski definition) is 0. The third-order valence-electron chi connectivity index (χ3n) is 3.28. The lowest BCUT2D eigenvalue weighted by Crippen LogP contribution is -1.98. The van der Waals surface area contributed by atoms with Gasteiger partial charge in [-0.3, -0.25) is 0 Å². The molecule has 21 heavy (non-hydrogen) atoms. The summed E-state index contributed by atoms with van der Waals surface area (Å²) in [5.41, 5.74) is 2.00. The summed E-state index contributed by atoms with van der Waals surface area (Å²) in [4.78, 5) is 5.60. The largest absolute Gasteiger partial charge is 0.375 e. The molecule has 3 rings (SSSR count). The Bertz CT molecular complexity index is 648. The summed E-state index contributed by atoms with van der Waals surface area (Å²) in [5, 5.41) is 4.09. The van der Waals surface area contributed by atoms with Crippen molar-refractivity contribution in [3.05, 3.63) is 71.8 Å². The molecule has 0 radical (unpaired) electrons. The molecule has 1 aliphatic carbocycles. The van der Waals surface area contributed by atoms with Crippen molar-refractivity contribution in [3.63, 3.8) is 0 Å². The van der Waals surface area contributed by atoms with E-state index in [9.17, 15) is 0 Å². The second-order valence-corrected chi connectivity index (χ2v) is 5.12. The van der Waals surface area contributed by atoms with E-state index in [2.05, 4.69) is 17.0 Å². The summed E-state index contributed by atoms with van der Waals surface area (Å²) in [5.74, 6) is 6.91. The normalized spacial score (nSPS) is 15.2. The van der Waals surface area contributed by atoms with E-state index in [-0.39, 0.29) is 6.10 Å². The van der Waals surface area contributed by atoms with E-state index in [1.165, 1.54) is 12.8 Å². The zero-order valence-corrected chi connectivity index (χ0v) is 11.8. The fourth-order valence-electron chi connectivity index (χ4n) is 1.90. The molecule has 2 heteroatoms. The maximum Gasteiger partial charge on any atom is 0.213 e. The lowest BCUT2D eigenvalue weighted by atomic mass is 10.1. The van der Waals surface area contributed by atoms with E-state index in [0.717, 1.165) is 11.1 Å². The minimum Gasteiger partial charge on any atom is -0.375 e. The molecule has 1 saturated carbocycles. The van der Waals surface area contributed by atoms with Crippen molar-refractivity contribution in [2.24, 2.45) is 11.1 Å². The molecule has 2 nitrogen and oxygen atoms in total. The van der Waals surface area contributed by atoms with E-state index in [1.54, 1.807) is 0 Å². The smallest absolute Gasteiger partial charge is 0.213 e. The predicted octanol–water partition coefficient (Wildman–Crippen LogP) is 4.19. The van der Waals surface area contributed by atoms with Gasteiger partial charge >= 0.3 is 0 Å². The van der Waals surface area contributed by atoms with Crippen LogP contribution in [0.15, 0.2) is 65.8 Å². The van der Waals surface area contributed by atoms with Gasteiger partial charge in [-0.15, -0.1) is 0 Å². The van der Waals surface area contributed by atoms with E-state index in [4.69, 9.17) is 4.84 Å². The molecule has 2 aromatic carbocycles. The van der Waals surface area contributed by atoms with Gasteiger partial charge in [0.1, 0.15) is 0 Å². The molecule has 1 unspecified atom stereocenters. The van der Waals surface area contributed by atoms with Gasteiger partial charge in [0, 0.05) is 17.3 Å². The van der Waals surface area contributed by atoms with Gasteiger partial charge in [0.15, 0.2) is 0 Å². The molecule has 0 N–H and O–H groups in total. The number of benzene rings is 2. The quantitative estimate of drug-likeness (QED) is 0.466. The van der Waals surface area contributed by atoms with Crippen LogP contribution in [0, 0.1) is 17.8 Å². The first-order valence-electron chi connectivity index (χ1n) is 7.23. The molecule has 0 amide bonds. The first-order valence-corrected chi connectivity index (χ1v) is 7.23. The summed E-state index contributed by atoms with van der Waals surface area (Å²) in [6, 6.07) is 19.9. The molecule has 0 saturated heterocycles. The Hall–Kier alpha value is -2.53. The van der Waals surface area contributed by atoms with Crippen molar-refractivity contribution < 1.29 is 4.84 Å². The topological polar surface area (TPSA) is 21.6 Å². The van der Waals surface area contributed by atoms with Crippen molar-refractivity contribution in [2.45, 2.75) is 18.9 Å². The van der Waals surface area contributed by atoms with Crippen molar-refractivity contribution >= 4 is 6.21 Å². The van der Waals surface area contributed by atoms with Gasteiger partial charge in [-0.05, 0) is 36.8 Å². The number of oxime groups is 1. The molecule has 0 heterocycles. The minimum atomic E-state index is -0.332. The first kappa shape index (κ1) is 13.5. The lowest BCUT2D eigenvalue weighted by molar-refractivity contribution is 0.100. The molecule has 1 fully saturated rings. The standard InChI is InChI=1S/C19H17NO/c1-3-7-16(8-4-1)13-14-19(18-9-5-2-6-10-18)21-20-15-17-11-12-17/h1-10,15,17,19H,11-12H2/b20-15-. The minimum absolute atomic E-state index is 0.332. The Kier molecular flexibility index (Phi) is 4.33. The second kappa shape index (κ2) is 6.76. The van der Waals surface area contributed by atoms with Gasteiger partial charge in [0.2, 0.25) is 6.10 Å². The molecule has 0 aliphatic heterocycles. The third-order valence-corrected chi connectivity index (χ3v) is 3.28. The SMILES string of the molecule is C(#CC(O/N=C\C1CC1)c1ccccc1)c1ccccc1. The molecular formula is C19H17NO. The maximum atomic E-state index is 5.60. The maximum absolute atomic E-state index is 5.60. The van der Waals surface area contributed by atoms with Gasteiger partial charge < -0.3 is 4.84 Å². The van der Waals surface area contributed by atoms with Crippen LogP contribution < -0.4 is 0 Å². The highest BCUT2D eigenvalue weighted by Gasteiger charge is 2.19. The first-order chi connectivity index (χ1) is 10.4. The van der Waals surface area contributed by atoms with Crippen molar-refractivity contribution in [1.29, 1.82) is 0 Å². The van der Waals surface area contributed by atoms with Crippen LogP contribution in [-0.2, 0) is 4.84 Å². The number of rotatable bonds is 4. The van der Waals surface area contributed by atoms with Crippen molar-refractivity contribution in [3.8, 4) is 11.8 Å². The van der Waals surface area contributed by atoms with Gasteiger partial charge in [-0.2, -0.15) is 0 Å². The van der Waals surface area contributed by atoms with Crippen LogP contribution in [0.3, 0.4) is 0 Å². The van der Waals surface area contributed by atoms with Gasteiger partial charge in [0.05, 0.1) is 0 Å². The second-order valence-electron chi connectivity index (χ2n) is 5.12. The van der Waals surface area contributed by atoms with E-state index >= 15 is 0 Å². The fraction of sp³-hybridized carbons (Fsp3) is 0.211. The predicted molar refractivity (Wildman–Crippen MR) is 84.8 cm³/mol. The monoisotopic (exact) mass is 275 g/mol. The Morgan fingerprint density at radius 3 is 2.33 bits per heavy atom. The summed E-state index contributed by atoms with van der Waals surface area (Å²) in [6.07, 6.45) is 4.00. The van der Waals surface area contributed by atoms with Gasteiger partial charge in [-0.1, -0.05) is 59.6 Å². The zero-order chi connectivity index (χ0) is 14.3. The number of nitrogens with zero attached hydrogens (tertiary/aromatic N) is 1. The molecule has 104 valence electrons. The summed E-state index contributed by atoms with van der Waals surface area (Å²) in [6.45, 7) is 0. The molecule has 1 atom stereocenters. The molecule has 0 bridgehead atoms. The third kappa shape index (κ3) is 4.22. The van der Waals surface area contributed by atoms with Crippen LogP contribution in [0.5, 0.6) is 0 Å². The Morgan fingerprint density at radius 1 is 1.00 bits per heavy atom. The Labute approximate surface area is 125 Å². The van der Waals surface area contributed by atoms with Gasteiger partial charge in [0.25, 0.3) is 0 Å². The van der Waals surface area contributed by atoms with E-state index in [1.807, 2.05) is 66.9 Å². The zero-order valence-electron chi connectivity index (χ0n) is 11.8. The average Bonchev–Trinajstić information content (AvgIpc) is 3.37. The molecule has 2 aromatic rings. The van der Waals surface area contributed by atoms with Crippen LogP contribution in [0.2, 0.25) is 0 Å². The van der Waals surface area contributed by atoms with Crippen LogP contribution in [-0.4, -0.2) is 6.21 Å². The summed E-state index contributed by atoms with van der Waals surface area (Å²) in [7, 11) is 0. The van der Waals surface area contributed by atoms with Crippen molar-refractivity contribution in [1.82, 2.24) is 0 Å². The van der Waals surface area contributed by atoms with Crippen LogP contribution in [0.25, 0.3) is 0 Å². The van der Waals surface area contributed by atoms with Crippen LogP contribution in [0.1, 0.15) is 30.1 Å². The lowest BCUT2D eigenvalue weighted by Gasteiger charge is -2.08. The highest BCUT2D eigenvalue weighted by Crippen LogP contribution is 2.26.